The van der Waals surface area contributed by atoms with Crippen LogP contribution in [-0.2, 0) is 5.41 Å². The van der Waals surface area contributed by atoms with E-state index in [1.54, 1.807) is 0 Å². The van der Waals surface area contributed by atoms with E-state index in [1.807, 2.05) is 11.3 Å². The number of thiophene rings is 1. The molecular formula is C51H36N2S. The Labute approximate surface area is 318 Å². The second kappa shape index (κ2) is 11.8. The van der Waals surface area contributed by atoms with Gasteiger partial charge in [-0.2, -0.15) is 0 Å². The van der Waals surface area contributed by atoms with Gasteiger partial charge in [-0.1, -0.05) is 135 Å². The molecule has 0 spiro atoms. The van der Waals surface area contributed by atoms with Crippen molar-refractivity contribution < 1.29 is 0 Å². The molecule has 0 bridgehead atoms. The number of para-hydroxylation sites is 3. The molecule has 54 heavy (non-hydrogen) atoms. The van der Waals surface area contributed by atoms with Gasteiger partial charge in [-0.3, -0.25) is 0 Å². The molecule has 2 nitrogen and oxygen atoms in total. The van der Waals surface area contributed by atoms with Gasteiger partial charge in [0.2, 0.25) is 0 Å². The fourth-order valence-electron chi connectivity index (χ4n) is 9.02. The van der Waals surface area contributed by atoms with E-state index in [0.29, 0.717) is 0 Å². The summed E-state index contributed by atoms with van der Waals surface area (Å²) in [6.07, 6.45) is 0. The minimum Gasteiger partial charge on any atom is -0.310 e. The van der Waals surface area contributed by atoms with Crippen molar-refractivity contribution >= 4 is 70.4 Å². The molecule has 0 fully saturated rings. The minimum atomic E-state index is -0.0938. The monoisotopic (exact) mass is 708 g/mol. The molecule has 1 aliphatic carbocycles. The van der Waals surface area contributed by atoms with Crippen LogP contribution in [0.5, 0.6) is 0 Å². The quantitative estimate of drug-likeness (QED) is 0.173. The molecule has 10 aromatic rings. The Bertz CT molecular complexity index is 3030. The summed E-state index contributed by atoms with van der Waals surface area (Å²) in [6.45, 7) is 4.72. The smallest absolute Gasteiger partial charge is 0.0541 e. The van der Waals surface area contributed by atoms with Crippen molar-refractivity contribution in [1.82, 2.24) is 4.57 Å². The number of hydrogen-bond acceptors (Lipinski definition) is 2. The van der Waals surface area contributed by atoms with Gasteiger partial charge in [0.05, 0.1) is 16.7 Å². The highest BCUT2D eigenvalue weighted by molar-refractivity contribution is 7.25. The summed E-state index contributed by atoms with van der Waals surface area (Å²) in [5, 5.41) is 5.16. The number of fused-ring (bicyclic) bond motifs is 9. The lowest BCUT2D eigenvalue weighted by Crippen LogP contribution is -2.16. The molecule has 0 radical (unpaired) electrons. The number of anilines is 3. The predicted octanol–water partition coefficient (Wildman–Crippen LogP) is 14.6. The van der Waals surface area contributed by atoms with Gasteiger partial charge < -0.3 is 9.47 Å². The lowest BCUT2D eigenvalue weighted by atomic mass is 9.82. The average Bonchev–Trinajstić information content (AvgIpc) is 3.84. The Hall–Kier alpha value is -6.42. The summed E-state index contributed by atoms with van der Waals surface area (Å²) >= 11 is 1.87. The van der Waals surface area contributed by atoms with E-state index in [4.69, 9.17) is 0 Å². The van der Waals surface area contributed by atoms with E-state index >= 15 is 0 Å². The zero-order valence-corrected chi connectivity index (χ0v) is 30.9. The average molecular weight is 709 g/mol. The van der Waals surface area contributed by atoms with Gasteiger partial charge in [0.15, 0.2) is 0 Å². The fraction of sp³-hybridized carbons (Fsp3) is 0.0588. The van der Waals surface area contributed by atoms with Crippen LogP contribution in [0, 0.1) is 0 Å². The Morgan fingerprint density at radius 2 is 0.981 bits per heavy atom. The van der Waals surface area contributed by atoms with Crippen molar-refractivity contribution in [2.75, 3.05) is 4.90 Å². The Balaban J connectivity index is 1.07. The van der Waals surface area contributed by atoms with Gasteiger partial charge in [0, 0.05) is 59.0 Å². The number of rotatable bonds is 5. The molecule has 2 aromatic heterocycles. The largest absolute Gasteiger partial charge is 0.310 e. The summed E-state index contributed by atoms with van der Waals surface area (Å²) in [4.78, 5) is 2.44. The van der Waals surface area contributed by atoms with Crippen molar-refractivity contribution in [2.24, 2.45) is 0 Å². The summed E-state index contributed by atoms with van der Waals surface area (Å²) < 4.78 is 5.04. The fourth-order valence-corrected chi connectivity index (χ4v) is 10.2. The molecule has 0 saturated carbocycles. The van der Waals surface area contributed by atoms with Gasteiger partial charge >= 0.3 is 0 Å². The van der Waals surface area contributed by atoms with Crippen LogP contribution in [0.2, 0.25) is 0 Å². The van der Waals surface area contributed by atoms with Crippen LogP contribution in [0.4, 0.5) is 17.1 Å². The SMILES string of the molecule is CC1(C)c2ccccc2-c2ccc(N(c3ccc(-c4ccccc4-n4c5ccccc5c5ccccc54)cc3)c3ccc4c(c3)sc3ccccc34)cc21. The summed E-state index contributed by atoms with van der Waals surface area (Å²) in [5.41, 5.74) is 14.8. The molecule has 8 aromatic carbocycles. The van der Waals surface area contributed by atoms with Crippen molar-refractivity contribution in [2.45, 2.75) is 19.3 Å². The molecule has 0 unspecified atom stereocenters. The van der Waals surface area contributed by atoms with Crippen LogP contribution >= 0.6 is 11.3 Å². The Morgan fingerprint density at radius 1 is 0.426 bits per heavy atom. The number of benzene rings is 8. The molecule has 2 heterocycles. The van der Waals surface area contributed by atoms with E-state index in [-0.39, 0.29) is 5.41 Å². The normalized spacial score (nSPS) is 13.1. The topological polar surface area (TPSA) is 8.17 Å². The maximum Gasteiger partial charge on any atom is 0.0541 e. The lowest BCUT2D eigenvalue weighted by molar-refractivity contribution is 0.660. The van der Waals surface area contributed by atoms with Gasteiger partial charge in [-0.15, -0.1) is 11.3 Å². The molecule has 256 valence electrons. The molecule has 0 amide bonds. The van der Waals surface area contributed by atoms with Crippen molar-refractivity contribution in [3.63, 3.8) is 0 Å². The molecular weight excluding hydrogens is 673 g/mol. The van der Waals surface area contributed by atoms with Gasteiger partial charge in [0.1, 0.15) is 0 Å². The van der Waals surface area contributed by atoms with Crippen molar-refractivity contribution in [3.8, 4) is 27.9 Å². The van der Waals surface area contributed by atoms with E-state index in [9.17, 15) is 0 Å². The highest BCUT2D eigenvalue weighted by Crippen LogP contribution is 2.51. The minimum absolute atomic E-state index is 0.0938. The first-order chi connectivity index (χ1) is 26.5. The summed E-state index contributed by atoms with van der Waals surface area (Å²) in [6, 6.07) is 67.1. The number of nitrogens with zero attached hydrogens (tertiary/aromatic N) is 2. The van der Waals surface area contributed by atoms with Gasteiger partial charge in [-0.25, -0.2) is 0 Å². The van der Waals surface area contributed by atoms with Crippen LogP contribution in [0.1, 0.15) is 25.0 Å². The first-order valence-electron chi connectivity index (χ1n) is 18.7. The summed E-state index contributed by atoms with van der Waals surface area (Å²) in [5.74, 6) is 0. The van der Waals surface area contributed by atoms with E-state index in [2.05, 4.69) is 205 Å². The Kier molecular flexibility index (Phi) is 6.80. The van der Waals surface area contributed by atoms with Crippen molar-refractivity contribution in [1.29, 1.82) is 0 Å². The zero-order valence-electron chi connectivity index (χ0n) is 30.1. The molecule has 0 atom stereocenters. The lowest BCUT2D eigenvalue weighted by Gasteiger charge is -2.28. The van der Waals surface area contributed by atoms with E-state index in [0.717, 1.165) is 17.1 Å². The van der Waals surface area contributed by atoms with Crippen LogP contribution in [0.3, 0.4) is 0 Å². The first-order valence-corrected chi connectivity index (χ1v) is 19.5. The van der Waals surface area contributed by atoms with Crippen LogP contribution in [0.15, 0.2) is 182 Å². The number of hydrogen-bond donors (Lipinski definition) is 0. The molecule has 0 aliphatic heterocycles. The molecule has 1 aliphatic rings. The standard InChI is InChI=1S/C51H36N2S/c1-51(2)44-18-8-3-14-38(44)39-29-27-35(31-45(39)51)52(36-28-30-43-42-17-7-12-22-49(42)54-50(43)32-36)34-25-23-33(24-26-34)37-13-4-9-19-46(37)53-47-20-10-5-15-40(47)41-16-6-11-21-48(41)53/h3-32H,1-2H3. The third kappa shape index (κ3) is 4.58. The third-order valence-electron chi connectivity index (χ3n) is 11.6. The van der Waals surface area contributed by atoms with E-state index in [1.165, 1.54) is 81.0 Å². The molecule has 11 rings (SSSR count). The maximum absolute atomic E-state index is 2.44. The molecule has 3 heteroatoms. The number of aromatic nitrogens is 1. The third-order valence-corrected chi connectivity index (χ3v) is 12.7. The van der Waals surface area contributed by atoms with Crippen LogP contribution in [-0.4, -0.2) is 4.57 Å². The van der Waals surface area contributed by atoms with Crippen LogP contribution < -0.4 is 4.90 Å². The zero-order chi connectivity index (χ0) is 36.0. The second-order valence-electron chi connectivity index (χ2n) is 14.9. The second-order valence-corrected chi connectivity index (χ2v) is 16.0. The van der Waals surface area contributed by atoms with Crippen molar-refractivity contribution in [3.05, 3.63) is 193 Å². The van der Waals surface area contributed by atoms with Gasteiger partial charge in [-0.05, 0) is 88.5 Å². The van der Waals surface area contributed by atoms with Crippen LogP contribution in [0.25, 0.3) is 69.9 Å². The predicted molar refractivity (Wildman–Crippen MR) is 231 cm³/mol. The highest BCUT2D eigenvalue weighted by Gasteiger charge is 2.35. The molecule has 0 N–H and O–H groups in total. The van der Waals surface area contributed by atoms with Gasteiger partial charge in [0.25, 0.3) is 0 Å². The first kappa shape index (κ1) is 31.1. The summed E-state index contributed by atoms with van der Waals surface area (Å²) in [7, 11) is 0. The van der Waals surface area contributed by atoms with E-state index < -0.39 is 0 Å². The maximum atomic E-state index is 2.44. The Morgan fingerprint density at radius 3 is 1.76 bits per heavy atom. The highest BCUT2D eigenvalue weighted by atomic mass is 32.1. The molecule has 0 saturated heterocycles.